The highest BCUT2D eigenvalue weighted by atomic mass is 15.1. The Morgan fingerprint density at radius 1 is 1.23 bits per heavy atom. The number of hydrogen-bond acceptors (Lipinski definition) is 1. The van der Waals surface area contributed by atoms with Gasteiger partial charge in [0, 0.05) is 19.3 Å². The summed E-state index contributed by atoms with van der Waals surface area (Å²) < 4.78 is 0. The van der Waals surface area contributed by atoms with Crippen LogP contribution in [0.25, 0.3) is 0 Å². The first-order valence-corrected chi connectivity index (χ1v) is 4.63. The van der Waals surface area contributed by atoms with E-state index in [1.165, 1.54) is 5.57 Å². The van der Waals surface area contributed by atoms with Crippen molar-refractivity contribution in [2.24, 2.45) is 0 Å². The van der Waals surface area contributed by atoms with Gasteiger partial charge in [-0.2, -0.15) is 0 Å². The van der Waals surface area contributed by atoms with Crippen LogP contribution in [0.15, 0.2) is 48.7 Å². The highest BCUT2D eigenvalue weighted by Crippen LogP contribution is 2.10. The summed E-state index contributed by atoms with van der Waals surface area (Å²) in [5.74, 6) is 0. The van der Waals surface area contributed by atoms with Gasteiger partial charge in [-0.3, -0.25) is 0 Å². The third-order valence-electron chi connectivity index (χ3n) is 2.21. The maximum Gasteiger partial charge on any atom is 0.0290 e. The monoisotopic (exact) mass is 175 g/mol. The molecule has 0 N–H and O–H groups in total. The zero-order chi connectivity index (χ0) is 9.68. The van der Waals surface area contributed by atoms with Gasteiger partial charge < -0.3 is 4.90 Å². The highest BCUT2D eigenvalue weighted by molar-refractivity contribution is 5.24. The molecule has 0 atom stereocenters. The Kier molecular flexibility index (Phi) is 3.56. The molecular weight excluding hydrogens is 158 g/mol. The number of hydrogen-bond donors (Lipinski definition) is 0. The van der Waals surface area contributed by atoms with Crippen LogP contribution in [0.5, 0.6) is 0 Å². The molecule has 1 heteroatoms. The fraction of sp³-hybridized carbons (Fsp3) is 0.333. The standard InChI is InChI=1S/C12H17N/c1-11-7-4-5-9-12(2)13(3)10-6-8-11/h4-5,7,9H,1-2,6,8,10H2,3H3/b7-4-,9-5-. The molecule has 0 bridgehead atoms. The second-order valence-electron chi connectivity index (χ2n) is 3.39. The van der Waals surface area contributed by atoms with Crippen molar-refractivity contribution >= 4 is 0 Å². The van der Waals surface area contributed by atoms with Crippen LogP contribution in [0.2, 0.25) is 0 Å². The summed E-state index contributed by atoms with van der Waals surface area (Å²) in [6.45, 7) is 8.99. The van der Waals surface area contributed by atoms with E-state index in [2.05, 4.69) is 31.2 Å². The van der Waals surface area contributed by atoms with Gasteiger partial charge in [-0.15, -0.1) is 0 Å². The fourth-order valence-corrected chi connectivity index (χ4v) is 1.26. The molecule has 0 fully saturated rings. The van der Waals surface area contributed by atoms with Gasteiger partial charge in [0.1, 0.15) is 0 Å². The first kappa shape index (κ1) is 9.85. The van der Waals surface area contributed by atoms with Gasteiger partial charge in [0.15, 0.2) is 0 Å². The molecular formula is C12H17N. The minimum Gasteiger partial charge on any atom is -0.375 e. The molecule has 1 heterocycles. The Morgan fingerprint density at radius 3 is 2.69 bits per heavy atom. The molecule has 1 aliphatic rings. The third kappa shape index (κ3) is 3.32. The van der Waals surface area contributed by atoms with Crippen LogP contribution >= 0.6 is 0 Å². The van der Waals surface area contributed by atoms with E-state index in [-0.39, 0.29) is 0 Å². The Labute approximate surface area is 80.7 Å². The second-order valence-corrected chi connectivity index (χ2v) is 3.39. The van der Waals surface area contributed by atoms with Crippen LogP contribution in [-0.4, -0.2) is 18.5 Å². The largest absolute Gasteiger partial charge is 0.375 e. The third-order valence-corrected chi connectivity index (χ3v) is 2.21. The summed E-state index contributed by atoms with van der Waals surface area (Å²) in [5, 5.41) is 0. The predicted molar refractivity (Wildman–Crippen MR) is 58.4 cm³/mol. The molecule has 0 unspecified atom stereocenters. The molecule has 0 saturated carbocycles. The van der Waals surface area contributed by atoms with Gasteiger partial charge in [0.25, 0.3) is 0 Å². The minimum atomic E-state index is 1.05. The lowest BCUT2D eigenvalue weighted by Crippen LogP contribution is -2.17. The van der Waals surface area contributed by atoms with Gasteiger partial charge in [-0.1, -0.05) is 37.0 Å². The summed E-state index contributed by atoms with van der Waals surface area (Å²) in [7, 11) is 2.07. The summed E-state index contributed by atoms with van der Waals surface area (Å²) in [6, 6.07) is 0. The molecule has 0 amide bonds. The van der Waals surface area contributed by atoms with Crippen molar-refractivity contribution in [3.8, 4) is 0 Å². The van der Waals surface area contributed by atoms with Crippen LogP contribution in [0, 0.1) is 0 Å². The Balaban J connectivity index is 2.69. The zero-order valence-corrected chi connectivity index (χ0v) is 8.29. The Hall–Kier alpha value is -1.24. The van der Waals surface area contributed by atoms with E-state index >= 15 is 0 Å². The van der Waals surface area contributed by atoms with Gasteiger partial charge >= 0.3 is 0 Å². The molecule has 0 aromatic heterocycles. The van der Waals surface area contributed by atoms with Crippen LogP contribution in [0.3, 0.4) is 0 Å². The van der Waals surface area contributed by atoms with Crippen LogP contribution < -0.4 is 0 Å². The van der Waals surface area contributed by atoms with Crippen LogP contribution in [0.4, 0.5) is 0 Å². The second kappa shape index (κ2) is 4.70. The molecule has 1 rings (SSSR count). The molecule has 0 saturated heterocycles. The average molecular weight is 175 g/mol. The van der Waals surface area contributed by atoms with Crippen molar-refractivity contribution in [2.75, 3.05) is 13.6 Å². The fourth-order valence-electron chi connectivity index (χ4n) is 1.26. The molecule has 70 valence electrons. The lowest BCUT2D eigenvalue weighted by atomic mass is 10.1. The molecule has 1 nitrogen and oxygen atoms in total. The van der Waals surface area contributed by atoms with E-state index in [0.29, 0.717) is 0 Å². The molecule has 0 radical (unpaired) electrons. The minimum absolute atomic E-state index is 1.05. The lowest BCUT2D eigenvalue weighted by Gasteiger charge is -2.19. The van der Waals surface area contributed by atoms with Crippen molar-refractivity contribution in [1.82, 2.24) is 4.90 Å². The van der Waals surface area contributed by atoms with E-state index in [0.717, 1.165) is 25.1 Å². The van der Waals surface area contributed by atoms with Gasteiger partial charge in [-0.25, -0.2) is 0 Å². The van der Waals surface area contributed by atoms with E-state index in [4.69, 9.17) is 0 Å². The van der Waals surface area contributed by atoms with Crippen molar-refractivity contribution in [3.63, 3.8) is 0 Å². The number of rotatable bonds is 0. The molecule has 0 aromatic rings. The molecule has 0 aliphatic carbocycles. The van der Waals surface area contributed by atoms with Crippen molar-refractivity contribution in [2.45, 2.75) is 12.8 Å². The summed E-state index contributed by atoms with van der Waals surface area (Å²) in [5.41, 5.74) is 2.27. The van der Waals surface area contributed by atoms with Crippen molar-refractivity contribution < 1.29 is 0 Å². The molecule has 0 spiro atoms. The van der Waals surface area contributed by atoms with Gasteiger partial charge in [0.2, 0.25) is 0 Å². The summed E-state index contributed by atoms with van der Waals surface area (Å²) in [6.07, 6.45) is 10.3. The first-order chi connectivity index (χ1) is 6.20. The molecule has 1 aliphatic heterocycles. The maximum absolute atomic E-state index is 3.97. The van der Waals surface area contributed by atoms with Gasteiger partial charge in [0.05, 0.1) is 0 Å². The zero-order valence-electron chi connectivity index (χ0n) is 8.29. The van der Waals surface area contributed by atoms with Crippen LogP contribution in [0.1, 0.15) is 12.8 Å². The number of allylic oxidation sites excluding steroid dienone is 5. The molecule has 13 heavy (non-hydrogen) atoms. The van der Waals surface area contributed by atoms with E-state index in [1.54, 1.807) is 0 Å². The predicted octanol–water partition coefficient (Wildman–Crippen LogP) is 2.89. The maximum atomic E-state index is 3.97. The smallest absolute Gasteiger partial charge is 0.0290 e. The lowest BCUT2D eigenvalue weighted by molar-refractivity contribution is 0.422. The number of nitrogens with zero attached hydrogens (tertiary/aromatic N) is 1. The van der Waals surface area contributed by atoms with Gasteiger partial charge in [-0.05, 0) is 18.9 Å². The topological polar surface area (TPSA) is 3.24 Å². The first-order valence-electron chi connectivity index (χ1n) is 4.63. The van der Waals surface area contributed by atoms with E-state index < -0.39 is 0 Å². The Morgan fingerprint density at radius 2 is 1.92 bits per heavy atom. The summed E-state index contributed by atoms with van der Waals surface area (Å²) in [4.78, 5) is 2.17. The quantitative estimate of drug-likeness (QED) is 0.547. The Bertz CT molecular complexity index is 258. The van der Waals surface area contributed by atoms with Crippen molar-refractivity contribution in [1.29, 1.82) is 0 Å². The van der Waals surface area contributed by atoms with Crippen molar-refractivity contribution in [3.05, 3.63) is 48.7 Å². The average Bonchev–Trinajstić information content (AvgIpc) is 2.11. The summed E-state index contributed by atoms with van der Waals surface area (Å²) >= 11 is 0. The van der Waals surface area contributed by atoms with E-state index in [9.17, 15) is 0 Å². The highest BCUT2D eigenvalue weighted by Gasteiger charge is 1.99. The van der Waals surface area contributed by atoms with E-state index in [1.807, 2.05) is 18.2 Å². The molecule has 0 aromatic carbocycles. The number of likely N-dealkylation sites (N-methyl/N-ethyl adjacent to an activating group) is 1. The SMILES string of the molecule is C=C1/C=C\C=C/C(=C)N(C)CCC1. The normalized spacial score (nSPS) is 24.2. The van der Waals surface area contributed by atoms with Crippen LogP contribution in [-0.2, 0) is 0 Å².